The van der Waals surface area contributed by atoms with E-state index in [4.69, 9.17) is 5.11 Å². The first-order valence-corrected chi connectivity index (χ1v) is 2.43. The zero-order chi connectivity index (χ0) is 7.28. The minimum Gasteiger partial charge on any atom is -0.481 e. The minimum absolute atomic E-state index is 0.139. The van der Waals surface area contributed by atoms with Gasteiger partial charge in [-0.25, -0.2) is 0 Å². The summed E-state index contributed by atoms with van der Waals surface area (Å²) in [5.74, 6) is -1.21. The van der Waals surface area contributed by atoms with Gasteiger partial charge in [-0.05, 0) is 0 Å². The molecule has 0 saturated carbocycles. The molecular weight excluding hydrogens is 122 g/mol. The van der Waals surface area contributed by atoms with Crippen molar-refractivity contribution < 1.29 is 14.7 Å². The van der Waals surface area contributed by atoms with Crippen LogP contribution in [0.5, 0.6) is 0 Å². The van der Waals surface area contributed by atoms with Gasteiger partial charge in [0, 0.05) is 6.92 Å². The van der Waals surface area contributed by atoms with Gasteiger partial charge in [-0.3, -0.25) is 9.59 Å². The Balaban J connectivity index is 3.10. The minimum atomic E-state index is -0.955. The summed E-state index contributed by atoms with van der Waals surface area (Å²) in [6, 6.07) is 0. The summed E-state index contributed by atoms with van der Waals surface area (Å²) >= 11 is 0. The lowest BCUT2D eigenvalue weighted by Gasteiger charge is -1.94. The Bertz CT molecular complexity index is 107. The molecule has 2 N–H and O–H groups in total. The molecule has 0 saturated heterocycles. The normalized spacial score (nSPS) is 8.56. The highest BCUT2D eigenvalue weighted by molar-refractivity contribution is 5.75. The SMILES string of the molecule is CC(=O)N[CH]CC(=O)O. The molecule has 0 aliphatic heterocycles. The van der Waals surface area contributed by atoms with E-state index < -0.39 is 5.97 Å². The second kappa shape index (κ2) is 3.88. The molecule has 0 aliphatic carbocycles. The van der Waals surface area contributed by atoms with Crippen molar-refractivity contribution >= 4 is 11.9 Å². The van der Waals surface area contributed by atoms with Crippen molar-refractivity contribution in [3.63, 3.8) is 0 Å². The van der Waals surface area contributed by atoms with Crippen LogP contribution in [-0.4, -0.2) is 17.0 Å². The first kappa shape index (κ1) is 7.94. The number of carbonyl (C=O) groups excluding carboxylic acids is 1. The highest BCUT2D eigenvalue weighted by atomic mass is 16.4. The first-order valence-electron chi connectivity index (χ1n) is 2.43. The molecule has 0 rings (SSSR count). The molecule has 1 radical (unpaired) electrons. The number of carboxylic acid groups (broad SMARTS) is 1. The molecule has 9 heavy (non-hydrogen) atoms. The molecule has 0 unspecified atom stereocenters. The second-order valence-electron chi connectivity index (χ2n) is 1.50. The molecule has 0 atom stereocenters. The fourth-order valence-electron chi connectivity index (χ4n) is 0.282. The molecule has 0 bridgehead atoms. The van der Waals surface area contributed by atoms with Crippen molar-refractivity contribution in [1.29, 1.82) is 0 Å². The molecular formula is C5H8NO3. The summed E-state index contributed by atoms with van der Waals surface area (Å²) in [5.41, 5.74) is 0. The molecule has 4 heteroatoms. The summed E-state index contributed by atoms with van der Waals surface area (Å²) in [6.45, 7) is 2.52. The van der Waals surface area contributed by atoms with Crippen molar-refractivity contribution in [2.45, 2.75) is 13.3 Å². The average Bonchev–Trinajstić information content (AvgIpc) is 1.63. The fraction of sp³-hybridized carbons (Fsp3) is 0.400. The van der Waals surface area contributed by atoms with Crippen molar-refractivity contribution in [3.05, 3.63) is 6.54 Å². The number of carboxylic acids is 1. The monoisotopic (exact) mass is 130 g/mol. The summed E-state index contributed by atoms with van der Waals surface area (Å²) in [7, 11) is 0. The van der Waals surface area contributed by atoms with Crippen LogP contribution in [0, 0.1) is 6.54 Å². The van der Waals surface area contributed by atoms with E-state index >= 15 is 0 Å². The van der Waals surface area contributed by atoms with Crippen molar-refractivity contribution in [3.8, 4) is 0 Å². The largest absolute Gasteiger partial charge is 0.481 e. The maximum atomic E-state index is 10.1. The smallest absolute Gasteiger partial charge is 0.305 e. The van der Waals surface area contributed by atoms with Crippen molar-refractivity contribution in [2.24, 2.45) is 0 Å². The third kappa shape index (κ3) is 6.94. The molecule has 0 aromatic carbocycles. The quantitative estimate of drug-likeness (QED) is 0.554. The predicted molar refractivity (Wildman–Crippen MR) is 30.4 cm³/mol. The second-order valence-corrected chi connectivity index (χ2v) is 1.50. The van der Waals surface area contributed by atoms with Crippen LogP contribution in [0.4, 0.5) is 0 Å². The van der Waals surface area contributed by atoms with E-state index in [0.717, 1.165) is 0 Å². The number of carbonyl (C=O) groups is 2. The van der Waals surface area contributed by atoms with Gasteiger partial charge in [-0.2, -0.15) is 0 Å². The van der Waals surface area contributed by atoms with Gasteiger partial charge in [0.2, 0.25) is 5.91 Å². The number of hydrogen-bond acceptors (Lipinski definition) is 2. The van der Waals surface area contributed by atoms with Gasteiger partial charge in [0.15, 0.2) is 0 Å². The maximum Gasteiger partial charge on any atom is 0.305 e. The van der Waals surface area contributed by atoms with Crippen LogP contribution in [0.3, 0.4) is 0 Å². The molecule has 1 amide bonds. The molecule has 0 spiro atoms. The Morgan fingerprint density at radius 1 is 1.67 bits per heavy atom. The van der Waals surface area contributed by atoms with E-state index in [0.29, 0.717) is 0 Å². The van der Waals surface area contributed by atoms with E-state index in [9.17, 15) is 9.59 Å². The van der Waals surface area contributed by atoms with Crippen LogP contribution in [-0.2, 0) is 9.59 Å². The Kier molecular flexibility index (Phi) is 3.43. The van der Waals surface area contributed by atoms with Gasteiger partial charge in [0.05, 0.1) is 13.0 Å². The third-order valence-electron chi connectivity index (χ3n) is 0.582. The lowest BCUT2D eigenvalue weighted by molar-refractivity contribution is -0.136. The molecule has 0 fully saturated rings. The van der Waals surface area contributed by atoms with Crippen molar-refractivity contribution in [1.82, 2.24) is 5.32 Å². The van der Waals surface area contributed by atoms with Gasteiger partial charge in [-0.1, -0.05) is 0 Å². The van der Waals surface area contributed by atoms with Crippen molar-refractivity contribution in [2.75, 3.05) is 0 Å². The lowest BCUT2D eigenvalue weighted by atomic mass is 10.4. The van der Waals surface area contributed by atoms with E-state index in [2.05, 4.69) is 5.32 Å². The number of hydrogen-bond donors (Lipinski definition) is 2. The highest BCUT2D eigenvalue weighted by Gasteiger charge is 1.96. The summed E-state index contributed by atoms with van der Waals surface area (Å²) in [6.07, 6.45) is -0.139. The molecule has 0 heterocycles. The number of rotatable bonds is 3. The molecule has 0 aliphatic rings. The van der Waals surface area contributed by atoms with Crippen LogP contribution < -0.4 is 5.32 Å². The van der Waals surface area contributed by atoms with Gasteiger partial charge in [0.1, 0.15) is 0 Å². The van der Waals surface area contributed by atoms with E-state index in [-0.39, 0.29) is 12.3 Å². The fourth-order valence-corrected chi connectivity index (χ4v) is 0.282. The number of amides is 1. The van der Waals surface area contributed by atoms with Crippen LogP contribution in [0.2, 0.25) is 0 Å². The maximum absolute atomic E-state index is 10.1. The van der Waals surface area contributed by atoms with Gasteiger partial charge >= 0.3 is 5.97 Å². The molecule has 4 nitrogen and oxygen atoms in total. The molecule has 0 aromatic rings. The highest BCUT2D eigenvalue weighted by Crippen LogP contribution is 1.80. The zero-order valence-electron chi connectivity index (χ0n) is 5.05. The Labute approximate surface area is 52.9 Å². The Morgan fingerprint density at radius 2 is 2.22 bits per heavy atom. The van der Waals surface area contributed by atoms with Gasteiger partial charge in [-0.15, -0.1) is 0 Å². The number of nitrogens with one attached hydrogen (secondary N) is 1. The third-order valence-corrected chi connectivity index (χ3v) is 0.582. The summed E-state index contributed by atoms with van der Waals surface area (Å²) in [4.78, 5) is 19.9. The topological polar surface area (TPSA) is 66.4 Å². The van der Waals surface area contributed by atoms with Gasteiger partial charge < -0.3 is 10.4 Å². The number of aliphatic carboxylic acids is 1. The van der Waals surface area contributed by atoms with Crippen LogP contribution in [0.25, 0.3) is 0 Å². The predicted octanol–water partition coefficient (Wildman–Crippen LogP) is -0.241. The lowest BCUT2D eigenvalue weighted by Crippen LogP contribution is -2.17. The first-order chi connectivity index (χ1) is 4.13. The van der Waals surface area contributed by atoms with E-state index in [1.54, 1.807) is 0 Å². The van der Waals surface area contributed by atoms with Gasteiger partial charge in [0.25, 0.3) is 0 Å². The van der Waals surface area contributed by atoms with E-state index in [1.165, 1.54) is 13.5 Å². The summed E-state index contributed by atoms with van der Waals surface area (Å²) in [5, 5.41) is 10.3. The Morgan fingerprint density at radius 3 is 2.56 bits per heavy atom. The van der Waals surface area contributed by atoms with Crippen LogP contribution in [0.15, 0.2) is 0 Å². The Hall–Kier alpha value is -1.06. The van der Waals surface area contributed by atoms with Crippen LogP contribution in [0.1, 0.15) is 13.3 Å². The molecule has 51 valence electrons. The average molecular weight is 130 g/mol. The van der Waals surface area contributed by atoms with E-state index in [1.807, 2.05) is 0 Å². The van der Waals surface area contributed by atoms with Crippen LogP contribution >= 0.6 is 0 Å². The molecule has 0 aromatic heterocycles. The standard InChI is InChI=1S/C5H8NO3/c1-4(7)6-3-2-5(8)9/h3H,2H2,1H3,(H,6,7)(H,8,9). The summed E-state index contributed by atoms with van der Waals surface area (Å²) < 4.78 is 0. The zero-order valence-corrected chi connectivity index (χ0v) is 5.05.